The van der Waals surface area contributed by atoms with Crippen LogP contribution in [-0.4, -0.2) is 74.0 Å². The van der Waals surface area contributed by atoms with Crippen LogP contribution < -0.4 is 10.6 Å². The minimum atomic E-state index is -0.124. The molecule has 1 aliphatic carbocycles. The van der Waals surface area contributed by atoms with Crippen LogP contribution in [0.5, 0.6) is 0 Å². The quantitative estimate of drug-likeness (QED) is 0.609. The third kappa shape index (κ3) is 7.23. The molecule has 0 unspecified atom stereocenters. The molecule has 1 heterocycles. The van der Waals surface area contributed by atoms with E-state index in [1.54, 1.807) is 6.92 Å². The summed E-state index contributed by atoms with van der Waals surface area (Å²) in [6.45, 7) is 11.8. The van der Waals surface area contributed by atoms with E-state index < -0.39 is 0 Å². The van der Waals surface area contributed by atoms with E-state index in [9.17, 15) is 9.59 Å². The Morgan fingerprint density at radius 3 is 1.85 bits per heavy atom. The predicted molar refractivity (Wildman–Crippen MR) is 105 cm³/mol. The Bertz CT molecular complexity index is 441. The lowest BCUT2D eigenvalue weighted by Crippen LogP contribution is -2.47. The molecular weight excluding hydrogens is 328 g/mol. The Balaban J connectivity index is 1.51. The normalized spacial score (nSPS) is 21.3. The van der Waals surface area contributed by atoms with E-state index in [4.69, 9.17) is 0 Å². The average Bonchev–Trinajstić information content (AvgIpc) is 2.63. The van der Waals surface area contributed by atoms with E-state index in [1.807, 2.05) is 0 Å². The molecule has 2 fully saturated rings. The van der Waals surface area contributed by atoms with Crippen molar-refractivity contribution in [2.45, 2.75) is 58.8 Å². The number of nitrogens with zero attached hydrogens (tertiary/aromatic N) is 2. The van der Waals surface area contributed by atoms with Crippen molar-refractivity contribution in [1.82, 2.24) is 20.4 Å². The molecule has 2 amide bonds. The largest absolute Gasteiger partial charge is 0.356 e. The first-order chi connectivity index (χ1) is 12.5. The van der Waals surface area contributed by atoms with Gasteiger partial charge < -0.3 is 20.4 Å². The van der Waals surface area contributed by atoms with Gasteiger partial charge >= 0.3 is 0 Å². The molecule has 0 bridgehead atoms. The van der Waals surface area contributed by atoms with Gasteiger partial charge in [0.2, 0.25) is 11.8 Å². The third-order valence-electron chi connectivity index (χ3n) is 5.93. The summed E-state index contributed by atoms with van der Waals surface area (Å²) in [6.07, 6.45) is 7.81. The summed E-state index contributed by atoms with van der Waals surface area (Å²) in [5, 5.41) is 6.03. The maximum atomic E-state index is 12.4. The second-order valence-electron chi connectivity index (χ2n) is 8.25. The Kier molecular flexibility index (Phi) is 8.85. The standard InChI is InChI=1S/C20H38N4O2/c1-18(25)21-10-6-12-23-14-16-24(17-15-23)13-7-11-22-19(26)20(2)8-4-3-5-9-20/h3-17H2,1-2H3,(H,21,25)(H,22,26). The third-order valence-corrected chi connectivity index (χ3v) is 5.93. The van der Waals surface area contributed by atoms with Crippen molar-refractivity contribution in [1.29, 1.82) is 0 Å². The van der Waals surface area contributed by atoms with Crippen molar-refractivity contribution in [3.63, 3.8) is 0 Å². The molecule has 0 spiro atoms. The Labute approximate surface area is 159 Å². The number of hydrogen-bond acceptors (Lipinski definition) is 4. The van der Waals surface area contributed by atoms with E-state index in [1.165, 1.54) is 19.3 Å². The fraction of sp³-hybridized carbons (Fsp3) is 0.900. The van der Waals surface area contributed by atoms with Crippen LogP contribution in [0.4, 0.5) is 0 Å². The highest BCUT2D eigenvalue weighted by molar-refractivity contribution is 5.82. The molecule has 1 aliphatic heterocycles. The first-order valence-electron chi connectivity index (χ1n) is 10.5. The number of piperazine rings is 1. The SMILES string of the molecule is CC(=O)NCCCN1CCN(CCCNC(=O)C2(C)CCCCC2)CC1. The van der Waals surface area contributed by atoms with Gasteiger partial charge in [-0.05, 0) is 38.8 Å². The first-order valence-corrected chi connectivity index (χ1v) is 10.5. The fourth-order valence-electron chi connectivity index (χ4n) is 4.08. The van der Waals surface area contributed by atoms with Gasteiger partial charge in [0.15, 0.2) is 0 Å². The lowest BCUT2D eigenvalue weighted by atomic mass is 9.75. The van der Waals surface area contributed by atoms with Gasteiger partial charge in [0.05, 0.1) is 0 Å². The Hall–Kier alpha value is -1.14. The molecule has 1 saturated heterocycles. The predicted octanol–water partition coefficient (Wildman–Crippen LogP) is 1.61. The van der Waals surface area contributed by atoms with Crippen molar-refractivity contribution >= 4 is 11.8 Å². The minimum absolute atomic E-state index is 0.0550. The average molecular weight is 367 g/mol. The topological polar surface area (TPSA) is 64.7 Å². The molecule has 1 saturated carbocycles. The minimum Gasteiger partial charge on any atom is -0.356 e. The molecule has 2 N–H and O–H groups in total. The molecule has 0 aromatic carbocycles. The molecule has 0 radical (unpaired) electrons. The van der Waals surface area contributed by atoms with E-state index >= 15 is 0 Å². The number of nitrogens with one attached hydrogen (secondary N) is 2. The summed E-state index contributed by atoms with van der Waals surface area (Å²) in [5.41, 5.74) is -0.124. The molecule has 0 atom stereocenters. The van der Waals surface area contributed by atoms with Crippen LogP contribution in [-0.2, 0) is 9.59 Å². The summed E-state index contributed by atoms with van der Waals surface area (Å²) >= 11 is 0. The van der Waals surface area contributed by atoms with Crippen molar-refractivity contribution in [3.8, 4) is 0 Å². The van der Waals surface area contributed by atoms with Gasteiger partial charge in [-0.2, -0.15) is 0 Å². The fourth-order valence-corrected chi connectivity index (χ4v) is 4.08. The van der Waals surface area contributed by atoms with Crippen LogP contribution in [0.15, 0.2) is 0 Å². The highest BCUT2D eigenvalue weighted by atomic mass is 16.2. The maximum Gasteiger partial charge on any atom is 0.225 e. The zero-order valence-corrected chi connectivity index (χ0v) is 16.8. The van der Waals surface area contributed by atoms with Crippen LogP contribution >= 0.6 is 0 Å². The number of carbonyl (C=O) groups is 2. The molecule has 2 rings (SSSR count). The molecule has 0 aromatic heterocycles. The van der Waals surface area contributed by atoms with Gasteiger partial charge in [-0.25, -0.2) is 0 Å². The van der Waals surface area contributed by atoms with Gasteiger partial charge in [-0.15, -0.1) is 0 Å². The summed E-state index contributed by atoms with van der Waals surface area (Å²) in [4.78, 5) is 28.3. The smallest absolute Gasteiger partial charge is 0.225 e. The van der Waals surface area contributed by atoms with Crippen molar-refractivity contribution in [2.75, 3.05) is 52.4 Å². The highest BCUT2D eigenvalue weighted by Gasteiger charge is 2.34. The lowest BCUT2D eigenvalue weighted by molar-refractivity contribution is -0.131. The molecule has 2 aliphatic rings. The van der Waals surface area contributed by atoms with E-state index in [0.717, 1.165) is 78.0 Å². The second-order valence-corrected chi connectivity index (χ2v) is 8.25. The number of carbonyl (C=O) groups excluding carboxylic acids is 2. The summed E-state index contributed by atoms with van der Waals surface area (Å²) in [7, 11) is 0. The van der Waals surface area contributed by atoms with Crippen LogP contribution in [0.1, 0.15) is 58.8 Å². The van der Waals surface area contributed by atoms with Gasteiger partial charge in [0.1, 0.15) is 0 Å². The number of amides is 2. The van der Waals surface area contributed by atoms with Crippen LogP contribution in [0, 0.1) is 5.41 Å². The monoisotopic (exact) mass is 366 g/mol. The van der Waals surface area contributed by atoms with E-state index in [2.05, 4.69) is 27.4 Å². The zero-order valence-electron chi connectivity index (χ0n) is 16.8. The summed E-state index contributed by atoms with van der Waals surface area (Å²) in [5.74, 6) is 0.320. The van der Waals surface area contributed by atoms with Crippen LogP contribution in [0.3, 0.4) is 0 Å². The number of hydrogen-bond donors (Lipinski definition) is 2. The second kappa shape index (κ2) is 10.9. The van der Waals surface area contributed by atoms with Gasteiger partial charge in [0, 0.05) is 51.6 Å². The molecule has 150 valence electrons. The van der Waals surface area contributed by atoms with E-state index in [0.29, 0.717) is 0 Å². The van der Waals surface area contributed by atoms with Crippen molar-refractivity contribution in [2.24, 2.45) is 5.41 Å². The summed E-state index contributed by atoms with van der Waals surface area (Å²) in [6, 6.07) is 0. The Morgan fingerprint density at radius 1 is 0.846 bits per heavy atom. The maximum absolute atomic E-state index is 12.4. The van der Waals surface area contributed by atoms with Gasteiger partial charge in [-0.3, -0.25) is 9.59 Å². The highest BCUT2D eigenvalue weighted by Crippen LogP contribution is 2.35. The molecule has 0 aromatic rings. The molecule has 6 heteroatoms. The van der Waals surface area contributed by atoms with E-state index in [-0.39, 0.29) is 17.2 Å². The Morgan fingerprint density at radius 2 is 1.35 bits per heavy atom. The van der Waals surface area contributed by atoms with Crippen LogP contribution in [0.25, 0.3) is 0 Å². The van der Waals surface area contributed by atoms with Gasteiger partial charge in [0.25, 0.3) is 0 Å². The first kappa shape index (κ1) is 21.2. The number of rotatable bonds is 9. The van der Waals surface area contributed by atoms with Crippen LogP contribution in [0.2, 0.25) is 0 Å². The molecule has 6 nitrogen and oxygen atoms in total. The van der Waals surface area contributed by atoms with Crippen molar-refractivity contribution < 1.29 is 9.59 Å². The van der Waals surface area contributed by atoms with Gasteiger partial charge in [-0.1, -0.05) is 26.2 Å². The zero-order chi connectivity index (χ0) is 18.8. The molecule has 26 heavy (non-hydrogen) atoms. The van der Waals surface area contributed by atoms with Crippen molar-refractivity contribution in [3.05, 3.63) is 0 Å². The summed E-state index contributed by atoms with van der Waals surface area (Å²) < 4.78 is 0. The molecular formula is C20H38N4O2. The lowest BCUT2D eigenvalue weighted by Gasteiger charge is -2.35.